The fraction of sp³-hybridized carbons (Fsp3) is 0.737. The quantitative estimate of drug-likeness (QED) is 0.285. The lowest BCUT2D eigenvalue weighted by molar-refractivity contribution is 0.143. The Morgan fingerprint density at radius 1 is 1.32 bits per heavy atom. The maximum atomic E-state index is 11.7. The van der Waals surface area contributed by atoms with Crippen molar-refractivity contribution < 1.29 is 8.42 Å². The normalized spacial score (nSPS) is 17.8. The lowest BCUT2D eigenvalue weighted by atomic mass is 9.97. The molecule has 1 atom stereocenters. The van der Waals surface area contributed by atoms with Crippen molar-refractivity contribution >= 4 is 51.1 Å². The van der Waals surface area contributed by atoms with Crippen molar-refractivity contribution in [1.29, 1.82) is 0 Å². The van der Waals surface area contributed by atoms with E-state index in [9.17, 15) is 8.42 Å². The smallest absolute Gasteiger partial charge is 0.191 e. The first kappa shape index (κ1) is 25.6. The Morgan fingerprint density at radius 3 is 2.61 bits per heavy atom. The molecule has 2 rings (SSSR count). The highest BCUT2D eigenvalue weighted by Gasteiger charge is 2.25. The maximum Gasteiger partial charge on any atom is 0.191 e. The van der Waals surface area contributed by atoms with Crippen molar-refractivity contribution in [2.24, 2.45) is 10.9 Å². The molecule has 2 heterocycles. The molecule has 0 amide bonds. The summed E-state index contributed by atoms with van der Waals surface area (Å²) in [6.07, 6.45) is 2.47. The fourth-order valence-corrected chi connectivity index (χ4v) is 4.75. The van der Waals surface area contributed by atoms with Crippen LogP contribution >= 0.6 is 35.3 Å². The molecule has 0 radical (unpaired) electrons. The van der Waals surface area contributed by atoms with Gasteiger partial charge < -0.3 is 10.6 Å². The van der Waals surface area contributed by atoms with Crippen LogP contribution in [0.3, 0.4) is 0 Å². The zero-order chi connectivity index (χ0) is 19.7. The molecule has 1 unspecified atom stereocenters. The number of likely N-dealkylation sites (tertiary alicyclic amines) is 1. The number of nitrogens with zero attached hydrogens (tertiary/aromatic N) is 2. The van der Waals surface area contributed by atoms with Crippen LogP contribution in [0, 0.1) is 5.92 Å². The van der Waals surface area contributed by atoms with E-state index < -0.39 is 9.84 Å². The third kappa shape index (κ3) is 8.54. The Bertz CT molecular complexity index is 672. The summed E-state index contributed by atoms with van der Waals surface area (Å²) < 4.78 is 23.4. The number of hydrogen-bond donors (Lipinski definition) is 2. The van der Waals surface area contributed by atoms with Gasteiger partial charge in [-0.05, 0) is 50.2 Å². The van der Waals surface area contributed by atoms with Crippen LogP contribution in [-0.4, -0.2) is 63.5 Å². The minimum absolute atomic E-state index is 0. The first-order valence-electron chi connectivity index (χ1n) is 9.95. The van der Waals surface area contributed by atoms with Gasteiger partial charge in [-0.3, -0.25) is 9.89 Å². The van der Waals surface area contributed by atoms with E-state index in [1.165, 1.54) is 17.7 Å². The molecule has 1 aliphatic rings. The summed E-state index contributed by atoms with van der Waals surface area (Å²) in [7, 11) is -2.97. The van der Waals surface area contributed by atoms with Crippen LogP contribution in [0.5, 0.6) is 0 Å². The number of hydrogen-bond acceptors (Lipinski definition) is 5. The van der Waals surface area contributed by atoms with E-state index in [-0.39, 0.29) is 41.5 Å². The first-order chi connectivity index (χ1) is 12.9. The zero-order valence-electron chi connectivity index (χ0n) is 17.2. The Hall–Kier alpha value is -0.390. The molecule has 1 aliphatic heterocycles. The number of thiophene rings is 1. The number of halogens is 1. The molecule has 0 bridgehead atoms. The van der Waals surface area contributed by atoms with Crippen LogP contribution in [0.2, 0.25) is 0 Å². The van der Waals surface area contributed by atoms with Gasteiger partial charge in [0, 0.05) is 23.7 Å². The predicted octanol–water partition coefficient (Wildman–Crippen LogP) is 3.13. The van der Waals surface area contributed by atoms with Crippen molar-refractivity contribution in [2.45, 2.75) is 39.7 Å². The Kier molecular flexibility index (Phi) is 11.9. The van der Waals surface area contributed by atoms with E-state index in [1.807, 2.05) is 6.92 Å². The Balaban J connectivity index is 0.00000392. The van der Waals surface area contributed by atoms with Crippen molar-refractivity contribution in [1.82, 2.24) is 15.5 Å². The van der Waals surface area contributed by atoms with Crippen molar-refractivity contribution in [3.05, 3.63) is 22.4 Å². The number of piperidine rings is 1. The molecule has 0 aliphatic carbocycles. The van der Waals surface area contributed by atoms with Gasteiger partial charge in [0.25, 0.3) is 0 Å². The zero-order valence-corrected chi connectivity index (χ0v) is 21.1. The average molecular weight is 543 g/mol. The molecule has 0 aromatic carbocycles. The molecule has 162 valence electrons. The first-order valence-corrected chi connectivity index (χ1v) is 12.6. The molecule has 6 nitrogen and oxygen atoms in total. The van der Waals surface area contributed by atoms with Gasteiger partial charge in [0.1, 0.15) is 0 Å². The van der Waals surface area contributed by atoms with Crippen molar-refractivity contribution in [3.8, 4) is 0 Å². The third-order valence-electron chi connectivity index (χ3n) is 5.04. The molecule has 1 aromatic heterocycles. The van der Waals surface area contributed by atoms with E-state index in [4.69, 9.17) is 4.99 Å². The van der Waals surface area contributed by atoms with Gasteiger partial charge in [0.15, 0.2) is 15.8 Å². The average Bonchev–Trinajstić information content (AvgIpc) is 3.17. The second-order valence-electron chi connectivity index (χ2n) is 7.13. The summed E-state index contributed by atoms with van der Waals surface area (Å²) in [6.45, 7) is 10.0. The molecule has 2 N–H and O–H groups in total. The van der Waals surface area contributed by atoms with Crippen LogP contribution in [0.1, 0.15) is 44.5 Å². The van der Waals surface area contributed by atoms with Gasteiger partial charge in [-0.1, -0.05) is 19.9 Å². The topological polar surface area (TPSA) is 73.8 Å². The SMILES string of the molecule is CCNC(=NCC(c1cccs1)N1CCC(C)CC1)NCCS(=O)(=O)CC.I. The molecule has 1 aromatic rings. The molecule has 1 saturated heterocycles. The van der Waals surface area contributed by atoms with Crippen LogP contribution in [0.15, 0.2) is 22.5 Å². The number of rotatable bonds is 9. The standard InChI is InChI=1S/C19H34N4O2S2.HI/c1-4-20-19(21-10-14-27(24,25)5-2)22-15-17(18-7-6-13-26-18)23-11-8-16(3)9-12-23;/h6-7,13,16-17H,4-5,8-12,14-15H2,1-3H3,(H2,20,21,22);1H. The summed E-state index contributed by atoms with van der Waals surface area (Å²) in [5.74, 6) is 1.80. The third-order valence-corrected chi connectivity index (χ3v) is 7.72. The van der Waals surface area contributed by atoms with Gasteiger partial charge in [-0.15, -0.1) is 35.3 Å². The highest BCUT2D eigenvalue weighted by Crippen LogP contribution is 2.29. The molecule has 0 spiro atoms. The molecule has 0 saturated carbocycles. The van der Waals surface area contributed by atoms with E-state index in [0.717, 1.165) is 25.6 Å². The number of sulfone groups is 1. The Morgan fingerprint density at radius 2 is 2.04 bits per heavy atom. The second kappa shape index (κ2) is 13.0. The van der Waals surface area contributed by atoms with Crippen LogP contribution in [-0.2, 0) is 9.84 Å². The number of guanidine groups is 1. The minimum atomic E-state index is -2.97. The summed E-state index contributed by atoms with van der Waals surface area (Å²) >= 11 is 1.78. The predicted molar refractivity (Wildman–Crippen MR) is 131 cm³/mol. The minimum Gasteiger partial charge on any atom is -0.357 e. The van der Waals surface area contributed by atoms with E-state index in [2.05, 4.69) is 40.0 Å². The molecular weight excluding hydrogens is 507 g/mol. The highest BCUT2D eigenvalue weighted by molar-refractivity contribution is 14.0. The van der Waals surface area contributed by atoms with Gasteiger partial charge >= 0.3 is 0 Å². The van der Waals surface area contributed by atoms with Gasteiger partial charge in [-0.25, -0.2) is 8.42 Å². The summed E-state index contributed by atoms with van der Waals surface area (Å²) in [6, 6.07) is 4.58. The Labute approximate surface area is 191 Å². The molecular formula is C19H35IN4O2S2. The second-order valence-corrected chi connectivity index (χ2v) is 10.6. The lowest BCUT2D eigenvalue weighted by Gasteiger charge is -2.35. The van der Waals surface area contributed by atoms with Crippen LogP contribution in [0.25, 0.3) is 0 Å². The summed E-state index contributed by atoms with van der Waals surface area (Å²) in [4.78, 5) is 8.66. The van der Waals surface area contributed by atoms with Gasteiger partial charge in [0.2, 0.25) is 0 Å². The van der Waals surface area contributed by atoms with E-state index >= 15 is 0 Å². The van der Waals surface area contributed by atoms with Crippen LogP contribution in [0.4, 0.5) is 0 Å². The van der Waals surface area contributed by atoms with E-state index in [0.29, 0.717) is 19.0 Å². The van der Waals surface area contributed by atoms with Gasteiger partial charge in [-0.2, -0.15) is 0 Å². The van der Waals surface area contributed by atoms with Crippen molar-refractivity contribution in [3.63, 3.8) is 0 Å². The summed E-state index contributed by atoms with van der Waals surface area (Å²) in [5, 5.41) is 8.52. The number of aliphatic imine (C=N–C) groups is 1. The van der Waals surface area contributed by atoms with E-state index in [1.54, 1.807) is 18.3 Å². The highest BCUT2D eigenvalue weighted by atomic mass is 127. The molecule has 28 heavy (non-hydrogen) atoms. The van der Waals surface area contributed by atoms with Crippen molar-refractivity contribution in [2.75, 3.05) is 44.2 Å². The monoisotopic (exact) mass is 542 g/mol. The van der Waals surface area contributed by atoms with Crippen LogP contribution < -0.4 is 10.6 Å². The molecule has 9 heteroatoms. The number of nitrogens with one attached hydrogen (secondary N) is 2. The lowest BCUT2D eigenvalue weighted by Crippen LogP contribution is -2.41. The largest absolute Gasteiger partial charge is 0.357 e. The fourth-order valence-electron chi connectivity index (χ4n) is 3.20. The van der Waals surface area contributed by atoms with Gasteiger partial charge in [0.05, 0.1) is 18.3 Å². The summed E-state index contributed by atoms with van der Waals surface area (Å²) in [5.41, 5.74) is 0. The molecule has 1 fully saturated rings. The maximum absolute atomic E-state index is 11.7.